The van der Waals surface area contributed by atoms with Crippen LogP contribution in [0, 0.1) is 13.8 Å². The summed E-state index contributed by atoms with van der Waals surface area (Å²) in [4.78, 5) is 5.98. The van der Waals surface area contributed by atoms with Crippen molar-refractivity contribution in [1.82, 2.24) is 14.9 Å². The molecule has 9 heteroatoms. The van der Waals surface area contributed by atoms with E-state index in [-0.39, 0.29) is 23.9 Å². The third-order valence-electron chi connectivity index (χ3n) is 2.48. The van der Waals surface area contributed by atoms with Crippen molar-refractivity contribution in [2.24, 2.45) is 0 Å². The van der Waals surface area contributed by atoms with Crippen LogP contribution in [0.25, 0.3) is 0 Å². The summed E-state index contributed by atoms with van der Waals surface area (Å²) in [5, 5.41) is 3.66. The molecule has 0 atom stereocenters. The van der Waals surface area contributed by atoms with Crippen LogP contribution in [0.2, 0.25) is 0 Å². The molecule has 2 heterocycles. The molecule has 0 fully saturated rings. The Morgan fingerprint density at radius 3 is 2.80 bits per heavy atom. The minimum atomic E-state index is -3.57. The van der Waals surface area contributed by atoms with Gasteiger partial charge in [-0.25, -0.2) is 13.1 Å². The lowest BCUT2D eigenvalue weighted by atomic mass is 10.4. The number of aromatic nitrogens is 2. The average molecular weight is 317 g/mol. The van der Waals surface area contributed by atoms with E-state index in [4.69, 9.17) is 9.26 Å². The Bertz CT molecular complexity index is 690. The average Bonchev–Trinajstić information content (AvgIpc) is 2.94. The predicted molar refractivity (Wildman–Crippen MR) is 72.8 cm³/mol. The van der Waals surface area contributed by atoms with E-state index in [2.05, 4.69) is 14.9 Å². The molecule has 2 aromatic heterocycles. The van der Waals surface area contributed by atoms with E-state index in [0.29, 0.717) is 5.82 Å². The zero-order valence-electron chi connectivity index (χ0n) is 11.3. The summed E-state index contributed by atoms with van der Waals surface area (Å²) < 4.78 is 36.5. The molecule has 0 radical (unpaired) electrons. The minimum absolute atomic E-state index is 0.0482. The summed E-state index contributed by atoms with van der Waals surface area (Å²) >= 11 is 1.44. The van der Waals surface area contributed by atoms with Crippen LogP contribution in [0.15, 0.2) is 15.5 Å². The molecule has 0 bridgehead atoms. The molecule has 2 aromatic rings. The number of rotatable bonds is 6. The first-order valence-corrected chi connectivity index (χ1v) is 8.09. The van der Waals surface area contributed by atoms with E-state index in [9.17, 15) is 8.42 Å². The van der Waals surface area contributed by atoms with Crippen molar-refractivity contribution in [2.75, 3.05) is 7.11 Å². The van der Waals surface area contributed by atoms with Gasteiger partial charge in [-0.1, -0.05) is 5.16 Å². The molecule has 0 aliphatic heterocycles. The van der Waals surface area contributed by atoms with Crippen LogP contribution in [-0.2, 0) is 27.9 Å². The first-order chi connectivity index (χ1) is 9.42. The fraction of sp³-hybridized carbons (Fsp3) is 0.455. The molecular formula is C11H15N3O4S2. The molecule has 20 heavy (non-hydrogen) atoms. The van der Waals surface area contributed by atoms with Gasteiger partial charge in [-0.05, 0) is 19.9 Å². The summed E-state index contributed by atoms with van der Waals surface area (Å²) in [6, 6.07) is 1.65. The molecule has 7 nitrogen and oxygen atoms in total. The SMILES string of the molecule is COCc1noc(CNS(=O)(=O)c2cc(C)sc2C)n1. The fourth-order valence-electron chi connectivity index (χ4n) is 1.66. The molecule has 1 N–H and O–H groups in total. The van der Waals surface area contributed by atoms with Crippen LogP contribution in [-0.4, -0.2) is 25.7 Å². The zero-order chi connectivity index (χ0) is 14.8. The van der Waals surface area contributed by atoms with Crippen molar-refractivity contribution in [3.8, 4) is 0 Å². The Balaban J connectivity index is 2.07. The Morgan fingerprint density at radius 2 is 2.20 bits per heavy atom. The molecular weight excluding hydrogens is 302 g/mol. The van der Waals surface area contributed by atoms with Crippen molar-refractivity contribution in [1.29, 1.82) is 0 Å². The van der Waals surface area contributed by atoms with Crippen molar-refractivity contribution in [2.45, 2.75) is 31.9 Å². The minimum Gasteiger partial charge on any atom is -0.377 e. The third-order valence-corrected chi connectivity index (χ3v) is 5.10. The first kappa shape index (κ1) is 15.1. The van der Waals surface area contributed by atoms with Gasteiger partial charge < -0.3 is 9.26 Å². The van der Waals surface area contributed by atoms with Crippen LogP contribution in [0.4, 0.5) is 0 Å². The summed E-state index contributed by atoms with van der Waals surface area (Å²) in [6.45, 7) is 3.81. The number of nitrogens with one attached hydrogen (secondary N) is 1. The highest BCUT2D eigenvalue weighted by molar-refractivity contribution is 7.89. The lowest BCUT2D eigenvalue weighted by molar-refractivity contribution is 0.174. The lowest BCUT2D eigenvalue weighted by Gasteiger charge is -2.03. The summed E-state index contributed by atoms with van der Waals surface area (Å²) in [7, 11) is -2.06. The second-order valence-electron chi connectivity index (χ2n) is 4.14. The maximum absolute atomic E-state index is 12.2. The summed E-state index contributed by atoms with van der Waals surface area (Å²) in [5.74, 6) is 0.578. The molecule has 2 rings (SSSR count). The van der Waals surface area contributed by atoms with Crippen LogP contribution in [0.5, 0.6) is 0 Å². The van der Waals surface area contributed by atoms with Gasteiger partial charge in [0.15, 0.2) is 5.82 Å². The highest BCUT2D eigenvalue weighted by Crippen LogP contribution is 2.24. The van der Waals surface area contributed by atoms with E-state index in [1.165, 1.54) is 18.4 Å². The number of sulfonamides is 1. The maximum Gasteiger partial charge on any atom is 0.242 e. The zero-order valence-corrected chi connectivity index (χ0v) is 13.0. The van der Waals surface area contributed by atoms with Gasteiger partial charge in [0.2, 0.25) is 15.9 Å². The lowest BCUT2D eigenvalue weighted by Crippen LogP contribution is -2.23. The molecule has 0 aliphatic rings. The number of nitrogens with zero attached hydrogens (tertiary/aromatic N) is 2. The first-order valence-electron chi connectivity index (χ1n) is 5.79. The Hall–Kier alpha value is -1.29. The number of hydrogen-bond acceptors (Lipinski definition) is 7. The van der Waals surface area contributed by atoms with Gasteiger partial charge in [-0.3, -0.25) is 0 Å². The molecule has 0 spiro atoms. The molecule has 0 unspecified atom stereocenters. The van der Waals surface area contributed by atoms with E-state index < -0.39 is 10.0 Å². The summed E-state index contributed by atoms with van der Waals surface area (Å²) in [5.41, 5.74) is 0. The largest absolute Gasteiger partial charge is 0.377 e. The van der Waals surface area contributed by atoms with Gasteiger partial charge in [0.1, 0.15) is 6.61 Å². The van der Waals surface area contributed by atoms with E-state index >= 15 is 0 Å². The van der Waals surface area contributed by atoms with E-state index in [0.717, 1.165) is 9.75 Å². The molecule has 0 aliphatic carbocycles. The smallest absolute Gasteiger partial charge is 0.242 e. The number of aryl methyl sites for hydroxylation is 2. The quantitative estimate of drug-likeness (QED) is 0.865. The monoisotopic (exact) mass is 317 g/mol. The third kappa shape index (κ3) is 3.42. The normalized spacial score (nSPS) is 11.9. The second kappa shape index (κ2) is 6.00. The Kier molecular flexibility index (Phi) is 4.53. The summed E-state index contributed by atoms with van der Waals surface area (Å²) in [6.07, 6.45) is 0. The topological polar surface area (TPSA) is 94.3 Å². The van der Waals surface area contributed by atoms with Crippen LogP contribution < -0.4 is 4.72 Å². The predicted octanol–water partition coefficient (Wildman–Crippen LogP) is 1.37. The van der Waals surface area contributed by atoms with Crippen molar-refractivity contribution < 1.29 is 17.7 Å². The van der Waals surface area contributed by atoms with Crippen molar-refractivity contribution in [3.63, 3.8) is 0 Å². The fourth-order valence-corrected chi connectivity index (χ4v) is 4.19. The van der Waals surface area contributed by atoms with Gasteiger partial charge in [-0.15, -0.1) is 11.3 Å². The molecule has 0 amide bonds. The van der Waals surface area contributed by atoms with E-state index in [1.54, 1.807) is 13.0 Å². The number of thiophene rings is 1. The van der Waals surface area contributed by atoms with Gasteiger partial charge >= 0.3 is 0 Å². The van der Waals surface area contributed by atoms with Crippen molar-refractivity contribution in [3.05, 3.63) is 27.5 Å². The van der Waals surface area contributed by atoms with Gasteiger partial charge in [0.05, 0.1) is 11.4 Å². The van der Waals surface area contributed by atoms with Crippen LogP contribution in [0.1, 0.15) is 21.5 Å². The highest BCUT2D eigenvalue weighted by Gasteiger charge is 2.20. The van der Waals surface area contributed by atoms with Crippen LogP contribution in [0.3, 0.4) is 0 Å². The van der Waals surface area contributed by atoms with Crippen LogP contribution >= 0.6 is 11.3 Å². The standard InChI is InChI=1S/C11H15N3O4S2/c1-7-4-9(8(2)19-7)20(15,16)12-5-11-13-10(6-17-3)14-18-11/h4,12H,5-6H2,1-3H3. The Labute approximate surface area is 121 Å². The highest BCUT2D eigenvalue weighted by atomic mass is 32.2. The molecule has 0 saturated heterocycles. The number of ether oxygens (including phenoxy) is 1. The molecule has 110 valence electrons. The Morgan fingerprint density at radius 1 is 1.45 bits per heavy atom. The second-order valence-corrected chi connectivity index (χ2v) is 7.34. The molecule has 0 aromatic carbocycles. The van der Waals surface area contributed by atoms with Crippen molar-refractivity contribution >= 4 is 21.4 Å². The maximum atomic E-state index is 12.2. The van der Waals surface area contributed by atoms with Gasteiger partial charge in [-0.2, -0.15) is 4.98 Å². The number of hydrogen-bond donors (Lipinski definition) is 1. The van der Waals surface area contributed by atoms with Gasteiger partial charge in [0, 0.05) is 16.9 Å². The van der Waals surface area contributed by atoms with E-state index in [1.807, 2.05) is 6.92 Å². The number of methoxy groups -OCH3 is 1. The molecule has 0 saturated carbocycles. The van der Waals surface area contributed by atoms with Gasteiger partial charge in [0.25, 0.3) is 0 Å².